The molecule has 0 aliphatic carbocycles. The van der Waals surface area contributed by atoms with Gasteiger partial charge in [0.25, 0.3) is 0 Å². The first-order valence-electron chi connectivity index (χ1n) is 9.48. The highest BCUT2D eigenvalue weighted by atomic mass is 15.0. The van der Waals surface area contributed by atoms with Crippen molar-refractivity contribution < 1.29 is 0 Å². The third-order valence-electron chi connectivity index (χ3n) is 4.82. The zero-order valence-electron chi connectivity index (χ0n) is 17.5. The maximum Gasteiger partial charge on any atom is 0.0622 e. The first kappa shape index (κ1) is 23.3. The second-order valence-corrected chi connectivity index (χ2v) is 7.26. The van der Waals surface area contributed by atoms with Crippen LogP contribution in [-0.4, -0.2) is 13.1 Å². The van der Waals surface area contributed by atoms with Crippen LogP contribution in [0.3, 0.4) is 0 Å². The molecule has 0 saturated carbocycles. The van der Waals surface area contributed by atoms with Crippen LogP contribution in [0.25, 0.3) is 0 Å². The van der Waals surface area contributed by atoms with Crippen LogP contribution in [0.2, 0.25) is 0 Å². The maximum absolute atomic E-state index is 4.24. The van der Waals surface area contributed by atoms with Crippen LogP contribution in [0.4, 0.5) is 0 Å². The van der Waals surface area contributed by atoms with Crippen LogP contribution in [-0.2, 0) is 0 Å². The summed E-state index contributed by atoms with van der Waals surface area (Å²) in [5.74, 6) is 0.735. The lowest BCUT2D eigenvalue weighted by atomic mass is 9.95. The summed E-state index contributed by atoms with van der Waals surface area (Å²) in [6.45, 7) is 23.3. The summed E-state index contributed by atoms with van der Waals surface area (Å²) < 4.78 is 0. The van der Waals surface area contributed by atoms with Gasteiger partial charge in [-0.3, -0.25) is 0 Å². The van der Waals surface area contributed by atoms with E-state index in [1.165, 1.54) is 29.6 Å². The molecule has 2 heteroatoms. The van der Waals surface area contributed by atoms with Gasteiger partial charge in [-0.05, 0) is 65.7 Å². The van der Waals surface area contributed by atoms with E-state index in [9.17, 15) is 0 Å². The zero-order chi connectivity index (χ0) is 19.4. The van der Waals surface area contributed by atoms with E-state index >= 15 is 0 Å². The smallest absolute Gasteiger partial charge is 0.0622 e. The zero-order valence-corrected chi connectivity index (χ0v) is 17.5. The normalized spacial score (nSPS) is 14.6. The summed E-state index contributed by atoms with van der Waals surface area (Å²) in [7, 11) is 1.89. The molecule has 0 saturated heterocycles. The summed E-state index contributed by atoms with van der Waals surface area (Å²) in [4.78, 5) is 0. The van der Waals surface area contributed by atoms with E-state index in [2.05, 4.69) is 77.1 Å². The molecular formula is C23H40N2. The molecule has 2 unspecified atom stereocenters. The van der Waals surface area contributed by atoms with Crippen molar-refractivity contribution in [3.63, 3.8) is 0 Å². The molecule has 0 aromatic carbocycles. The summed E-state index contributed by atoms with van der Waals surface area (Å²) >= 11 is 0. The van der Waals surface area contributed by atoms with Crippen LogP contribution in [0, 0.1) is 5.92 Å². The average molecular weight is 345 g/mol. The summed E-state index contributed by atoms with van der Waals surface area (Å²) in [5.41, 5.74) is 6.02. The predicted molar refractivity (Wildman–Crippen MR) is 115 cm³/mol. The van der Waals surface area contributed by atoms with Gasteiger partial charge >= 0.3 is 0 Å². The summed E-state index contributed by atoms with van der Waals surface area (Å²) in [6.07, 6.45) is 9.96. The van der Waals surface area contributed by atoms with Crippen LogP contribution in [0.1, 0.15) is 66.7 Å². The molecule has 25 heavy (non-hydrogen) atoms. The lowest BCUT2D eigenvalue weighted by Crippen LogP contribution is -2.31. The molecule has 0 bridgehead atoms. The fourth-order valence-corrected chi connectivity index (χ4v) is 2.68. The Balaban J connectivity index is 4.20. The van der Waals surface area contributed by atoms with Gasteiger partial charge in [0.2, 0.25) is 0 Å². The maximum atomic E-state index is 4.24. The molecule has 0 aromatic heterocycles. The van der Waals surface area contributed by atoms with Crippen molar-refractivity contribution in [2.24, 2.45) is 5.92 Å². The first-order valence-corrected chi connectivity index (χ1v) is 9.48. The molecule has 142 valence electrons. The number of nitrogens with one attached hydrogen (secondary N) is 2. The first-order chi connectivity index (χ1) is 11.7. The van der Waals surface area contributed by atoms with Gasteiger partial charge in [-0.2, -0.15) is 0 Å². The summed E-state index contributed by atoms with van der Waals surface area (Å²) in [5, 5.41) is 6.46. The Hall–Kier alpha value is -1.70. The fourth-order valence-electron chi connectivity index (χ4n) is 2.68. The molecule has 0 fully saturated rings. The lowest BCUT2D eigenvalue weighted by Gasteiger charge is -2.19. The minimum Gasteiger partial charge on any atom is -0.390 e. The number of likely N-dealkylation sites (N-methyl/N-ethyl adjacent to an activating group) is 1. The third kappa shape index (κ3) is 10.7. The van der Waals surface area contributed by atoms with Gasteiger partial charge in [-0.1, -0.05) is 55.5 Å². The van der Waals surface area contributed by atoms with Crippen molar-refractivity contribution in [3.05, 3.63) is 60.0 Å². The molecule has 0 heterocycles. The topological polar surface area (TPSA) is 24.1 Å². The highest BCUT2D eigenvalue weighted by Crippen LogP contribution is 2.20. The molecule has 0 radical (unpaired) electrons. The molecule has 0 aliphatic heterocycles. The highest BCUT2D eigenvalue weighted by molar-refractivity contribution is 5.26. The molecule has 0 spiro atoms. The fraction of sp³-hybridized carbons (Fsp3) is 0.565. The molecule has 2 N–H and O–H groups in total. The quantitative estimate of drug-likeness (QED) is 0.304. The summed E-state index contributed by atoms with van der Waals surface area (Å²) in [6, 6.07) is 0.185. The highest BCUT2D eigenvalue weighted by Gasteiger charge is 2.07. The molecule has 0 aliphatic rings. The van der Waals surface area contributed by atoms with Crippen molar-refractivity contribution in [1.29, 1.82) is 0 Å². The standard InChI is InChI=1S/C23H40N2/c1-10-17(2)16-18(3)12-11-13-19(4)20(5)14-15-21(6)25-23(8)22(7)24-9/h10,13,18,23-25H,5-7,11-12,14-16H2,1-4,8-9H3/b17-10+,19-13+. The van der Waals surface area contributed by atoms with Gasteiger partial charge in [0.1, 0.15) is 0 Å². The Kier molecular flexibility index (Phi) is 11.8. The van der Waals surface area contributed by atoms with Crippen molar-refractivity contribution in [1.82, 2.24) is 10.6 Å². The van der Waals surface area contributed by atoms with E-state index < -0.39 is 0 Å². The molecule has 0 amide bonds. The average Bonchev–Trinajstić information content (AvgIpc) is 2.58. The Morgan fingerprint density at radius 2 is 1.72 bits per heavy atom. The van der Waals surface area contributed by atoms with Crippen molar-refractivity contribution in [2.45, 2.75) is 72.8 Å². The van der Waals surface area contributed by atoms with Gasteiger partial charge in [0, 0.05) is 18.4 Å². The van der Waals surface area contributed by atoms with Crippen molar-refractivity contribution in [2.75, 3.05) is 7.05 Å². The minimum atomic E-state index is 0.185. The van der Waals surface area contributed by atoms with E-state index in [1.54, 1.807) is 0 Å². The van der Waals surface area contributed by atoms with Crippen LogP contribution in [0.5, 0.6) is 0 Å². The van der Waals surface area contributed by atoms with E-state index in [-0.39, 0.29) is 6.04 Å². The molecule has 2 nitrogen and oxygen atoms in total. The number of allylic oxidation sites excluding steroid dienone is 6. The largest absolute Gasteiger partial charge is 0.390 e. The molecule has 0 aromatic rings. The Labute approximate surface area is 156 Å². The SMILES string of the molecule is C=C(CCC(=C)/C(C)=C/CCC(C)C/C(C)=C/C)NC(C)C(=C)NC. The van der Waals surface area contributed by atoms with Crippen LogP contribution in [0.15, 0.2) is 60.0 Å². The van der Waals surface area contributed by atoms with Crippen molar-refractivity contribution in [3.8, 4) is 0 Å². The lowest BCUT2D eigenvalue weighted by molar-refractivity contribution is 0.532. The van der Waals surface area contributed by atoms with E-state index in [1.807, 2.05) is 7.05 Å². The Morgan fingerprint density at radius 1 is 1.08 bits per heavy atom. The van der Waals surface area contributed by atoms with E-state index in [0.717, 1.165) is 36.6 Å². The molecule has 0 rings (SSSR count). The van der Waals surface area contributed by atoms with Crippen molar-refractivity contribution >= 4 is 0 Å². The Bertz CT molecular complexity index is 508. The van der Waals surface area contributed by atoms with Gasteiger partial charge in [-0.15, -0.1) is 0 Å². The van der Waals surface area contributed by atoms with E-state index in [4.69, 9.17) is 0 Å². The Morgan fingerprint density at radius 3 is 2.28 bits per heavy atom. The number of rotatable bonds is 13. The number of hydrogen-bond donors (Lipinski definition) is 2. The van der Waals surface area contributed by atoms with Gasteiger partial charge in [0.15, 0.2) is 0 Å². The third-order valence-corrected chi connectivity index (χ3v) is 4.82. The van der Waals surface area contributed by atoms with Crippen LogP contribution < -0.4 is 10.6 Å². The minimum absolute atomic E-state index is 0.185. The van der Waals surface area contributed by atoms with Crippen LogP contribution >= 0.6 is 0 Å². The second kappa shape index (κ2) is 12.6. The molecular weight excluding hydrogens is 304 g/mol. The van der Waals surface area contributed by atoms with E-state index in [0.29, 0.717) is 0 Å². The monoisotopic (exact) mass is 344 g/mol. The predicted octanol–water partition coefficient (Wildman–Crippen LogP) is 6.27. The number of hydrogen-bond acceptors (Lipinski definition) is 2. The van der Waals surface area contributed by atoms with Gasteiger partial charge in [0.05, 0.1) is 6.04 Å². The van der Waals surface area contributed by atoms with Gasteiger partial charge in [-0.25, -0.2) is 0 Å². The second-order valence-electron chi connectivity index (χ2n) is 7.26. The van der Waals surface area contributed by atoms with Gasteiger partial charge < -0.3 is 10.6 Å². The molecule has 2 atom stereocenters.